The Labute approximate surface area is 99.4 Å². The first-order chi connectivity index (χ1) is 7.09. The summed E-state index contributed by atoms with van der Waals surface area (Å²) in [6.45, 7) is 2.11. The molecule has 0 saturated heterocycles. The van der Waals surface area contributed by atoms with Crippen LogP contribution in [0.15, 0.2) is 18.2 Å². The van der Waals surface area contributed by atoms with E-state index in [2.05, 4.69) is 6.92 Å². The van der Waals surface area contributed by atoms with Crippen LogP contribution in [0.4, 0.5) is 4.39 Å². The number of hydrogen-bond acceptors (Lipinski definition) is 0. The van der Waals surface area contributed by atoms with E-state index in [-0.39, 0.29) is 11.2 Å². The third-order valence-corrected chi connectivity index (χ3v) is 4.28. The van der Waals surface area contributed by atoms with Crippen LogP contribution in [0.5, 0.6) is 0 Å². The lowest BCUT2D eigenvalue weighted by molar-refractivity contribution is 0.532. The second-order valence-electron chi connectivity index (χ2n) is 4.22. The average molecular weight is 247 g/mol. The molecule has 1 saturated carbocycles. The third kappa shape index (κ3) is 2.14. The molecule has 3 atom stereocenters. The van der Waals surface area contributed by atoms with Crippen molar-refractivity contribution in [1.29, 1.82) is 0 Å². The van der Waals surface area contributed by atoms with Gasteiger partial charge in [0.25, 0.3) is 0 Å². The standard InChI is InChI=1S/C12H13Cl2F/c1-7-9(3-5-11(7)13)10-6-8(15)2-4-12(10)14/h2,4,6-7,9,11H,3,5H2,1H3. The van der Waals surface area contributed by atoms with Crippen molar-refractivity contribution in [2.45, 2.75) is 31.1 Å². The van der Waals surface area contributed by atoms with Gasteiger partial charge in [0.05, 0.1) is 0 Å². The molecular formula is C12H13Cl2F. The summed E-state index contributed by atoms with van der Waals surface area (Å²) in [6, 6.07) is 4.56. The molecule has 0 aromatic heterocycles. The molecule has 15 heavy (non-hydrogen) atoms. The van der Waals surface area contributed by atoms with Crippen LogP contribution in [0.1, 0.15) is 31.2 Å². The van der Waals surface area contributed by atoms with Gasteiger partial charge < -0.3 is 0 Å². The van der Waals surface area contributed by atoms with Crippen molar-refractivity contribution in [3.8, 4) is 0 Å². The van der Waals surface area contributed by atoms with Crippen molar-refractivity contribution in [3.63, 3.8) is 0 Å². The summed E-state index contributed by atoms with van der Waals surface area (Å²) in [5, 5.41) is 0.841. The van der Waals surface area contributed by atoms with Gasteiger partial charge >= 0.3 is 0 Å². The lowest BCUT2D eigenvalue weighted by atomic mass is 9.90. The first-order valence-electron chi connectivity index (χ1n) is 5.18. The van der Waals surface area contributed by atoms with Crippen LogP contribution >= 0.6 is 23.2 Å². The van der Waals surface area contributed by atoms with E-state index in [1.165, 1.54) is 6.07 Å². The highest BCUT2D eigenvalue weighted by Gasteiger charge is 2.33. The molecule has 1 aliphatic carbocycles. The van der Waals surface area contributed by atoms with Crippen molar-refractivity contribution in [2.24, 2.45) is 5.92 Å². The van der Waals surface area contributed by atoms with Gasteiger partial charge in [-0.3, -0.25) is 0 Å². The third-order valence-electron chi connectivity index (χ3n) is 3.32. The number of rotatable bonds is 1. The maximum Gasteiger partial charge on any atom is 0.123 e. The lowest BCUT2D eigenvalue weighted by Gasteiger charge is -2.18. The highest BCUT2D eigenvalue weighted by molar-refractivity contribution is 6.31. The van der Waals surface area contributed by atoms with Crippen LogP contribution in [-0.2, 0) is 0 Å². The van der Waals surface area contributed by atoms with Gasteiger partial charge in [0.2, 0.25) is 0 Å². The Morgan fingerprint density at radius 2 is 2.07 bits per heavy atom. The Hall–Kier alpha value is -0.270. The molecule has 0 nitrogen and oxygen atoms in total. The minimum Gasteiger partial charge on any atom is -0.207 e. The van der Waals surface area contributed by atoms with Crippen LogP contribution in [0.3, 0.4) is 0 Å². The van der Waals surface area contributed by atoms with Gasteiger partial charge in [-0.15, -0.1) is 11.6 Å². The van der Waals surface area contributed by atoms with Gasteiger partial charge in [-0.25, -0.2) is 4.39 Å². The first kappa shape index (κ1) is 11.2. The number of alkyl halides is 1. The molecule has 1 aliphatic rings. The summed E-state index contributed by atoms with van der Waals surface area (Å²) >= 11 is 12.2. The van der Waals surface area contributed by atoms with Gasteiger partial charge in [0, 0.05) is 10.4 Å². The summed E-state index contributed by atoms with van der Waals surface area (Å²) in [7, 11) is 0. The second kappa shape index (κ2) is 4.31. The Balaban J connectivity index is 2.33. The minimum absolute atomic E-state index is 0.189. The van der Waals surface area contributed by atoms with Gasteiger partial charge in [-0.1, -0.05) is 18.5 Å². The van der Waals surface area contributed by atoms with Crippen molar-refractivity contribution in [1.82, 2.24) is 0 Å². The van der Waals surface area contributed by atoms with Gasteiger partial charge in [0.1, 0.15) is 5.82 Å². The molecule has 3 heteroatoms. The van der Waals surface area contributed by atoms with E-state index in [1.807, 2.05) is 0 Å². The maximum absolute atomic E-state index is 13.1. The molecule has 0 heterocycles. The molecule has 0 radical (unpaired) electrons. The maximum atomic E-state index is 13.1. The van der Waals surface area contributed by atoms with Crippen molar-refractivity contribution < 1.29 is 4.39 Å². The van der Waals surface area contributed by atoms with Crippen molar-refractivity contribution >= 4 is 23.2 Å². The van der Waals surface area contributed by atoms with Crippen molar-refractivity contribution in [2.75, 3.05) is 0 Å². The fourth-order valence-corrected chi connectivity index (χ4v) is 2.91. The largest absolute Gasteiger partial charge is 0.207 e. The lowest BCUT2D eigenvalue weighted by Crippen LogP contribution is -2.10. The highest BCUT2D eigenvalue weighted by atomic mass is 35.5. The zero-order valence-electron chi connectivity index (χ0n) is 8.51. The molecule has 0 N–H and O–H groups in total. The summed E-state index contributed by atoms with van der Waals surface area (Å²) in [6.07, 6.45) is 1.98. The monoisotopic (exact) mass is 246 g/mol. The van der Waals surface area contributed by atoms with Crippen molar-refractivity contribution in [3.05, 3.63) is 34.6 Å². The Bertz CT molecular complexity index is 365. The fourth-order valence-electron chi connectivity index (χ4n) is 2.35. The Morgan fingerprint density at radius 1 is 1.33 bits per heavy atom. The number of hydrogen-bond donors (Lipinski definition) is 0. The molecule has 0 aliphatic heterocycles. The smallest absolute Gasteiger partial charge is 0.123 e. The number of halogens is 3. The predicted molar refractivity (Wildman–Crippen MR) is 62.2 cm³/mol. The molecule has 0 spiro atoms. The zero-order chi connectivity index (χ0) is 11.0. The van der Waals surface area contributed by atoms with E-state index in [0.717, 1.165) is 18.4 Å². The molecule has 82 valence electrons. The topological polar surface area (TPSA) is 0 Å². The minimum atomic E-state index is -0.223. The van der Waals surface area contributed by atoms with E-state index in [4.69, 9.17) is 23.2 Å². The molecular weight excluding hydrogens is 234 g/mol. The van der Waals surface area contributed by atoms with Gasteiger partial charge in [0.15, 0.2) is 0 Å². The Kier molecular flexibility index (Phi) is 3.22. The van der Waals surface area contributed by atoms with Crippen LogP contribution in [-0.4, -0.2) is 5.38 Å². The van der Waals surface area contributed by atoms with E-state index >= 15 is 0 Å². The molecule has 0 amide bonds. The molecule has 1 aromatic carbocycles. The van der Waals surface area contributed by atoms with E-state index < -0.39 is 0 Å². The first-order valence-corrected chi connectivity index (χ1v) is 6.00. The average Bonchev–Trinajstić information content (AvgIpc) is 2.52. The zero-order valence-corrected chi connectivity index (χ0v) is 10.0. The summed E-state index contributed by atoms with van der Waals surface area (Å²) in [4.78, 5) is 0. The van der Waals surface area contributed by atoms with Crippen LogP contribution in [0.2, 0.25) is 5.02 Å². The number of benzene rings is 1. The predicted octanol–water partition coefficient (Wildman–Crippen LogP) is 4.60. The molecule has 1 fully saturated rings. The highest BCUT2D eigenvalue weighted by Crippen LogP contribution is 2.44. The van der Waals surface area contributed by atoms with E-state index in [9.17, 15) is 4.39 Å². The van der Waals surface area contributed by atoms with Gasteiger partial charge in [-0.2, -0.15) is 0 Å². The molecule has 0 bridgehead atoms. The SMILES string of the molecule is CC1C(Cl)CCC1c1cc(F)ccc1Cl. The molecule has 2 rings (SSSR count). The normalized spacial score (nSPS) is 30.8. The Morgan fingerprint density at radius 3 is 2.67 bits per heavy atom. The molecule has 1 aromatic rings. The van der Waals surface area contributed by atoms with Gasteiger partial charge in [-0.05, 0) is 48.4 Å². The van der Waals surface area contributed by atoms with E-state index in [1.54, 1.807) is 12.1 Å². The summed E-state index contributed by atoms with van der Waals surface area (Å²) in [5.41, 5.74) is 0.910. The van der Waals surface area contributed by atoms with E-state index in [0.29, 0.717) is 16.9 Å². The summed E-state index contributed by atoms with van der Waals surface area (Å²) < 4.78 is 13.1. The quantitative estimate of drug-likeness (QED) is 0.636. The van der Waals surface area contributed by atoms with Crippen LogP contribution in [0.25, 0.3) is 0 Å². The van der Waals surface area contributed by atoms with Crippen LogP contribution < -0.4 is 0 Å². The fraction of sp³-hybridized carbons (Fsp3) is 0.500. The molecule has 3 unspecified atom stereocenters. The second-order valence-corrected chi connectivity index (χ2v) is 5.19. The van der Waals surface area contributed by atoms with Crippen LogP contribution in [0, 0.1) is 11.7 Å². The summed E-state index contributed by atoms with van der Waals surface area (Å²) in [5.74, 6) is 0.446.